The van der Waals surface area contributed by atoms with E-state index in [-0.39, 0.29) is 0 Å². The lowest BCUT2D eigenvalue weighted by Gasteiger charge is -2.22. The van der Waals surface area contributed by atoms with Crippen LogP contribution in [0.15, 0.2) is 53.1 Å². The molecule has 0 saturated carbocycles. The van der Waals surface area contributed by atoms with Crippen LogP contribution in [0, 0.1) is 13.8 Å². The van der Waals surface area contributed by atoms with Gasteiger partial charge in [0.25, 0.3) is 0 Å². The molecule has 26 heavy (non-hydrogen) atoms. The van der Waals surface area contributed by atoms with E-state index in [1.807, 2.05) is 49.5 Å². The average Bonchev–Trinajstić information content (AvgIpc) is 3.24. The summed E-state index contributed by atoms with van der Waals surface area (Å²) in [5, 5.41) is 0. The fourth-order valence-electron chi connectivity index (χ4n) is 3.18. The second-order valence-electron chi connectivity index (χ2n) is 6.61. The molecule has 0 N–H and O–H groups in total. The minimum Gasteiger partial charge on any atom is -0.465 e. The van der Waals surface area contributed by atoms with Gasteiger partial charge in [-0.15, -0.1) is 0 Å². The Kier molecular flexibility index (Phi) is 4.63. The van der Waals surface area contributed by atoms with Gasteiger partial charge in [0.05, 0.1) is 12.2 Å². The Morgan fingerprint density at radius 3 is 2.54 bits per heavy atom. The van der Waals surface area contributed by atoms with Crippen molar-refractivity contribution in [3.8, 4) is 11.5 Å². The predicted octanol–water partition coefficient (Wildman–Crippen LogP) is 4.22. The fourth-order valence-corrected chi connectivity index (χ4v) is 3.18. The first-order valence-corrected chi connectivity index (χ1v) is 8.74. The molecule has 5 nitrogen and oxygen atoms in total. The zero-order valence-corrected chi connectivity index (χ0v) is 15.1. The summed E-state index contributed by atoms with van der Waals surface area (Å²) in [6.07, 6.45) is 1.83. The van der Waals surface area contributed by atoms with Gasteiger partial charge >= 0.3 is 0 Å². The Hall–Kier alpha value is -2.79. The summed E-state index contributed by atoms with van der Waals surface area (Å²) in [5.41, 5.74) is 3.44. The summed E-state index contributed by atoms with van der Waals surface area (Å²) in [5.74, 6) is 3.52. The molecule has 134 valence electrons. The van der Waals surface area contributed by atoms with E-state index < -0.39 is 0 Å². The van der Waals surface area contributed by atoms with E-state index in [2.05, 4.69) is 22.9 Å². The quantitative estimate of drug-likeness (QED) is 0.666. The Labute approximate surface area is 153 Å². The van der Waals surface area contributed by atoms with Crippen molar-refractivity contribution in [3.05, 3.63) is 77.0 Å². The summed E-state index contributed by atoms with van der Waals surface area (Å²) in [6.45, 7) is 6.61. The van der Waals surface area contributed by atoms with Crippen molar-refractivity contribution < 1.29 is 13.9 Å². The monoisotopic (exact) mass is 350 g/mol. The van der Waals surface area contributed by atoms with Crippen LogP contribution in [0.25, 0.3) is 0 Å². The third-order valence-electron chi connectivity index (χ3n) is 4.51. The fraction of sp³-hybridized carbons (Fsp3) is 0.286. The number of pyridine rings is 1. The standard InChI is InChI=1S/C21H22N2O3/c1-15-9-20-21(25-14-24-20)10-17(15)11-23(12-18-5-3-4-8-22-18)13-19-7-6-16(2)26-19/h3-10H,11-14H2,1-2H3. The number of fused-ring (bicyclic) bond motifs is 1. The number of hydrogen-bond acceptors (Lipinski definition) is 5. The maximum atomic E-state index is 5.79. The van der Waals surface area contributed by atoms with Gasteiger partial charge in [-0.05, 0) is 61.4 Å². The van der Waals surface area contributed by atoms with E-state index in [0.717, 1.165) is 48.3 Å². The SMILES string of the molecule is Cc1ccc(CN(Cc2ccccn2)Cc2cc3c(cc2C)OCO3)o1. The van der Waals surface area contributed by atoms with Crippen LogP contribution in [0.3, 0.4) is 0 Å². The number of rotatable bonds is 6. The summed E-state index contributed by atoms with van der Waals surface area (Å²) >= 11 is 0. The van der Waals surface area contributed by atoms with Crippen LogP contribution in [0.4, 0.5) is 0 Å². The van der Waals surface area contributed by atoms with Gasteiger partial charge in [0.2, 0.25) is 6.79 Å². The second-order valence-corrected chi connectivity index (χ2v) is 6.61. The largest absolute Gasteiger partial charge is 0.465 e. The number of aryl methyl sites for hydroxylation is 2. The first kappa shape index (κ1) is 16.7. The first-order valence-electron chi connectivity index (χ1n) is 8.74. The first-order chi connectivity index (χ1) is 12.7. The molecule has 0 bridgehead atoms. The second kappa shape index (κ2) is 7.22. The van der Waals surface area contributed by atoms with Crippen LogP contribution in [0.2, 0.25) is 0 Å². The number of furan rings is 1. The average molecular weight is 350 g/mol. The third-order valence-corrected chi connectivity index (χ3v) is 4.51. The lowest BCUT2D eigenvalue weighted by atomic mass is 10.1. The zero-order chi connectivity index (χ0) is 17.9. The van der Waals surface area contributed by atoms with Crippen LogP contribution >= 0.6 is 0 Å². The Balaban J connectivity index is 1.58. The van der Waals surface area contributed by atoms with Crippen molar-refractivity contribution in [2.75, 3.05) is 6.79 Å². The highest BCUT2D eigenvalue weighted by Gasteiger charge is 2.18. The van der Waals surface area contributed by atoms with Gasteiger partial charge in [0.15, 0.2) is 11.5 Å². The van der Waals surface area contributed by atoms with Crippen molar-refractivity contribution in [3.63, 3.8) is 0 Å². The number of ether oxygens (including phenoxy) is 2. The molecule has 2 aromatic heterocycles. The van der Waals surface area contributed by atoms with Gasteiger partial charge in [0.1, 0.15) is 11.5 Å². The molecule has 0 unspecified atom stereocenters. The summed E-state index contributed by atoms with van der Waals surface area (Å²) in [7, 11) is 0. The molecule has 0 aliphatic carbocycles. The molecule has 3 heterocycles. The van der Waals surface area contributed by atoms with Crippen LogP contribution in [0.5, 0.6) is 11.5 Å². The smallest absolute Gasteiger partial charge is 0.231 e. The molecule has 5 heteroatoms. The minimum absolute atomic E-state index is 0.293. The van der Waals surface area contributed by atoms with Crippen LogP contribution in [-0.4, -0.2) is 16.7 Å². The van der Waals surface area contributed by atoms with E-state index in [1.165, 1.54) is 11.1 Å². The van der Waals surface area contributed by atoms with E-state index in [1.54, 1.807) is 0 Å². The maximum Gasteiger partial charge on any atom is 0.231 e. The van der Waals surface area contributed by atoms with Crippen molar-refractivity contribution in [2.24, 2.45) is 0 Å². The molecule has 1 aliphatic rings. The number of nitrogens with zero attached hydrogens (tertiary/aromatic N) is 2. The Morgan fingerprint density at radius 2 is 1.81 bits per heavy atom. The predicted molar refractivity (Wildman–Crippen MR) is 97.9 cm³/mol. The van der Waals surface area contributed by atoms with E-state index >= 15 is 0 Å². The minimum atomic E-state index is 0.293. The summed E-state index contributed by atoms with van der Waals surface area (Å²) < 4.78 is 16.8. The lowest BCUT2D eigenvalue weighted by molar-refractivity contribution is 0.174. The number of hydrogen-bond donors (Lipinski definition) is 0. The molecule has 4 rings (SSSR count). The Bertz CT molecular complexity index is 890. The summed E-state index contributed by atoms with van der Waals surface area (Å²) in [6, 6.07) is 14.2. The van der Waals surface area contributed by atoms with Crippen LogP contribution in [-0.2, 0) is 19.6 Å². The normalized spacial score (nSPS) is 12.7. The van der Waals surface area contributed by atoms with Crippen molar-refractivity contribution in [2.45, 2.75) is 33.5 Å². The lowest BCUT2D eigenvalue weighted by Crippen LogP contribution is -2.23. The molecule has 1 aromatic carbocycles. The zero-order valence-electron chi connectivity index (χ0n) is 15.1. The summed E-state index contributed by atoms with van der Waals surface area (Å²) in [4.78, 5) is 6.79. The maximum absolute atomic E-state index is 5.79. The van der Waals surface area contributed by atoms with E-state index in [0.29, 0.717) is 6.79 Å². The van der Waals surface area contributed by atoms with Crippen LogP contribution in [0.1, 0.15) is 28.3 Å². The van der Waals surface area contributed by atoms with E-state index in [4.69, 9.17) is 13.9 Å². The van der Waals surface area contributed by atoms with Crippen molar-refractivity contribution in [1.82, 2.24) is 9.88 Å². The Morgan fingerprint density at radius 1 is 0.962 bits per heavy atom. The number of aromatic nitrogens is 1. The molecular formula is C21H22N2O3. The van der Waals surface area contributed by atoms with Gasteiger partial charge in [-0.2, -0.15) is 0 Å². The van der Waals surface area contributed by atoms with Crippen molar-refractivity contribution >= 4 is 0 Å². The third kappa shape index (κ3) is 3.73. The highest BCUT2D eigenvalue weighted by atomic mass is 16.7. The van der Waals surface area contributed by atoms with Crippen LogP contribution < -0.4 is 9.47 Å². The number of benzene rings is 1. The molecule has 0 spiro atoms. The van der Waals surface area contributed by atoms with Gasteiger partial charge in [-0.3, -0.25) is 9.88 Å². The molecule has 0 fully saturated rings. The van der Waals surface area contributed by atoms with Gasteiger partial charge in [-0.1, -0.05) is 6.07 Å². The van der Waals surface area contributed by atoms with Crippen molar-refractivity contribution in [1.29, 1.82) is 0 Å². The molecule has 3 aromatic rings. The van der Waals surface area contributed by atoms with Gasteiger partial charge in [0, 0.05) is 19.3 Å². The molecular weight excluding hydrogens is 328 g/mol. The molecule has 0 radical (unpaired) electrons. The molecule has 0 saturated heterocycles. The highest BCUT2D eigenvalue weighted by Crippen LogP contribution is 2.35. The topological polar surface area (TPSA) is 47.7 Å². The van der Waals surface area contributed by atoms with Gasteiger partial charge in [-0.25, -0.2) is 0 Å². The van der Waals surface area contributed by atoms with E-state index in [9.17, 15) is 0 Å². The molecule has 0 amide bonds. The highest BCUT2D eigenvalue weighted by molar-refractivity contribution is 5.48. The molecule has 0 atom stereocenters. The molecule has 1 aliphatic heterocycles. The van der Waals surface area contributed by atoms with Gasteiger partial charge < -0.3 is 13.9 Å².